The van der Waals surface area contributed by atoms with Gasteiger partial charge in [-0.25, -0.2) is 0 Å². The van der Waals surface area contributed by atoms with Gasteiger partial charge in [-0.3, -0.25) is 0 Å². The van der Waals surface area contributed by atoms with E-state index in [9.17, 15) is 0 Å². The summed E-state index contributed by atoms with van der Waals surface area (Å²) in [6.07, 6.45) is 7.15. The van der Waals surface area contributed by atoms with Gasteiger partial charge in [0.1, 0.15) is 5.76 Å². The molecule has 1 aromatic heterocycles. The van der Waals surface area contributed by atoms with Crippen molar-refractivity contribution in [3.63, 3.8) is 0 Å². The smallest absolute Gasteiger partial charge is 0.104 e. The lowest BCUT2D eigenvalue weighted by molar-refractivity contribution is 0.501. The van der Waals surface area contributed by atoms with Crippen molar-refractivity contribution >= 4 is 6.08 Å². The van der Waals surface area contributed by atoms with Gasteiger partial charge in [-0.2, -0.15) is 0 Å². The number of fused-ring (bicyclic) bond motifs is 1. The minimum atomic E-state index is 0.479. The normalized spacial score (nSPS) is 18.0. The van der Waals surface area contributed by atoms with Gasteiger partial charge in [-0.05, 0) is 23.3 Å². The van der Waals surface area contributed by atoms with Crippen LogP contribution in [0.5, 0.6) is 0 Å². The van der Waals surface area contributed by atoms with Gasteiger partial charge in [-0.15, -0.1) is 0 Å². The van der Waals surface area contributed by atoms with Crippen LogP contribution >= 0.6 is 0 Å². The summed E-state index contributed by atoms with van der Waals surface area (Å²) in [5.41, 5.74) is 2.75. The monoisotopic (exact) mass is 196 g/mol. The number of hydrogen-bond donors (Lipinski definition) is 0. The maximum Gasteiger partial charge on any atom is 0.104 e. The lowest BCUT2D eigenvalue weighted by Crippen LogP contribution is -1.96. The molecular formula is C14H12O. The molecule has 1 aliphatic rings. The summed E-state index contributed by atoms with van der Waals surface area (Å²) >= 11 is 0. The zero-order valence-corrected chi connectivity index (χ0v) is 8.39. The number of hydrogen-bond acceptors (Lipinski definition) is 1. The maximum atomic E-state index is 5.38. The van der Waals surface area contributed by atoms with Gasteiger partial charge < -0.3 is 4.42 Å². The quantitative estimate of drug-likeness (QED) is 0.714. The van der Waals surface area contributed by atoms with Gasteiger partial charge in [0, 0.05) is 12.3 Å². The van der Waals surface area contributed by atoms with Crippen LogP contribution in [0, 0.1) is 0 Å². The van der Waals surface area contributed by atoms with Crippen LogP contribution in [-0.4, -0.2) is 0 Å². The summed E-state index contributed by atoms with van der Waals surface area (Å²) < 4.78 is 5.38. The molecule has 0 bridgehead atoms. The first kappa shape index (κ1) is 8.54. The first-order chi connectivity index (χ1) is 7.43. The second-order valence-electron chi connectivity index (χ2n) is 3.88. The lowest BCUT2D eigenvalue weighted by atomic mass is 9.97. The first-order valence-electron chi connectivity index (χ1n) is 5.23. The summed E-state index contributed by atoms with van der Waals surface area (Å²) in [5.74, 6) is 1.54. The van der Waals surface area contributed by atoms with E-state index in [1.54, 1.807) is 6.26 Å². The molecule has 0 saturated carbocycles. The highest BCUT2D eigenvalue weighted by Gasteiger charge is 2.17. The minimum Gasteiger partial charge on any atom is -0.469 e. The van der Waals surface area contributed by atoms with Crippen LogP contribution in [0.15, 0.2) is 53.2 Å². The van der Waals surface area contributed by atoms with E-state index in [-0.39, 0.29) is 0 Å². The van der Waals surface area contributed by atoms with E-state index in [2.05, 4.69) is 36.4 Å². The van der Waals surface area contributed by atoms with Crippen molar-refractivity contribution in [3.8, 4) is 0 Å². The van der Waals surface area contributed by atoms with Crippen LogP contribution in [0.2, 0.25) is 0 Å². The molecule has 0 saturated heterocycles. The Morgan fingerprint density at radius 2 is 2.00 bits per heavy atom. The number of rotatable bonds is 2. The van der Waals surface area contributed by atoms with E-state index in [4.69, 9.17) is 4.42 Å². The van der Waals surface area contributed by atoms with E-state index in [0.717, 1.165) is 12.2 Å². The Morgan fingerprint density at radius 3 is 2.87 bits per heavy atom. The number of allylic oxidation sites excluding steroid dienone is 1. The molecule has 1 unspecified atom stereocenters. The Balaban J connectivity index is 1.89. The molecule has 1 heteroatoms. The van der Waals surface area contributed by atoms with E-state index < -0.39 is 0 Å². The van der Waals surface area contributed by atoms with Gasteiger partial charge >= 0.3 is 0 Å². The Kier molecular flexibility index (Phi) is 1.95. The summed E-state index contributed by atoms with van der Waals surface area (Å²) in [7, 11) is 0. The number of benzene rings is 1. The minimum absolute atomic E-state index is 0.479. The Labute approximate surface area is 89.0 Å². The van der Waals surface area contributed by atoms with Crippen LogP contribution in [-0.2, 0) is 6.42 Å². The van der Waals surface area contributed by atoms with Gasteiger partial charge in [-0.1, -0.05) is 36.4 Å². The van der Waals surface area contributed by atoms with Gasteiger partial charge in [0.15, 0.2) is 0 Å². The molecule has 1 atom stereocenters. The summed E-state index contributed by atoms with van der Waals surface area (Å²) in [4.78, 5) is 0. The van der Waals surface area contributed by atoms with Crippen molar-refractivity contribution in [1.82, 2.24) is 0 Å². The zero-order valence-electron chi connectivity index (χ0n) is 8.39. The highest BCUT2D eigenvalue weighted by molar-refractivity contribution is 5.62. The van der Waals surface area contributed by atoms with Crippen molar-refractivity contribution in [2.75, 3.05) is 0 Å². The molecule has 2 aromatic rings. The third-order valence-corrected chi connectivity index (χ3v) is 2.90. The van der Waals surface area contributed by atoms with Crippen LogP contribution in [0.3, 0.4) is 0 Å². The molecule has 15 heavy (non-hydrogen) atoms. The second kappa shape index (κ2) is 3.43. The van der Waals surface area contributed by atoms with Crippen molar-refractivity contribution in [1.29, 1.82) is 0 Å². The third kappa shape index (κ3) is 1.50. The van der Waals surface area contributed by atoms with Crippen molar-refractivity contribution in [2.45, 2.75) is 12.3 Å². The molecule has 0 amide bonds. The highest BCUT2D eigenvalue weighted by Crippen LogP contribution is 2.32. The maximum absolute atomic E-state index is 5.38. The van der Waals surface area contributed by atoms with Crippen LogP contribution in [0.1, 0.15) is 22.8 Å². The highest BCUT2D eigenvalue weighted by atomic mass is 16.3. The Bertz CT molecular complexity index is 480. The largest absolute Gasteiger partial charge is 0.469 e. The van der Waals surface area contributed by atoms with Crippen molar-refractivity contribution < 1.29 is 4.42 Å². The standard InChI is InChI=1S/C14H12O/c1-2-6-14-11(4-1)7-8-12(14)10-13-5-3-9-15-13/h1-9,12H,10H2. The molecule has 1 aliphatic carbocycles. The molecule has 0 radical (unpaired) electrons. The molecule has 0 fully saturated rings. The molecule has 0 N–H and O–H groups in total. The fourth-order valence-corrected chi connectivity index (χ4v) is 2.15. The van der Waals surface area contributed by atoms with Gasteiger partial charge in [0.25, 0.3) is 0 Å². The van der Waals surface area contributed by atoms with Gasteiger partial charge in [0.2, 0.25) is 0 Å². The summed E-state index contributed by atoms with van der Waals surface area (Å²) in [6, 6.07) is 12.5. The first-order valence-corrected chi connectivity index (χ1v) is 5.23. The molecule has 1 aromatic carbocycles. The van der Waals surface area contributed by atoms with Crippen molar-refractivity contribution in [2.24, 2.45) is 0 Å². The fraction of sp³-hybridized carbons (Fsp3) is 0.143. The second-order valence-corrected chi connectivity index (χ2v) is 3.88. The molecule has 1 nitrogen and oxygen atoms in total. The number of furan rings is 1. The lowest BCUT2D eigenvalue weighted by Gasteiger charge is -2.08. The van der Waals surface area contributed by atoms with Crippen LogP contribution < -0.4 is 0 Å². The molecule has 1 heterocycles. The summed E-state index contributed by atoms with van der Waals surface area (Å²) in [5, 5.41) is 0. The van der Waals surface area contributed by atoms with Gasteiger partial charge in [0.05, 0.1) is 6.26 Å². The Hall–Kier alpha value is -1.76. The van der Waals surface area contributed by atoms with Crippen LogP contribution in [0.25, 0.3) is 6.08 Å². The topological polar surface area (TPSA) is 13.1 Å². The molecule has 3 rings (SSSR count). The van der Waals surface area contributed by atoms with Crippen molar-refractivity contribution in [3.05, 3.63) is 65.6 Å². The SMILES string of the molecule is C1=CC(Cc2ccco2)c2ccccc21. The van der Waals surface area contributed by atoms with E-state index in [1.807, 2.05) is 12.1 Å². The molecular weight excluding hydrogens is 184 g/mol. The predicted octanol–water partition coefficient (Wildman–Crippen LogP) is 3.63. The summed E-state index contributed by atoms with van der Waals surface area (Å²) in [6.45, 7) is 0. The fourth-order valence-electron chi connectivity index (χ4n) is 2.15. The zero-order chi connectivity index (χ0) is 10.1. The van der Waals surface area contributed by atoms with E-state index in [1.165, 1.54) is 11.1 Å². The molecule has 0 aliphatic heterocycles. The van der Waals surface area contributed by atoms with E-state index >= 15 is 0 Å². The molecule has 74 valence electrons. The third-order valence-electron chi connectivity index (χ3n) is 2.90. The predicted molar refractivity (Wildman–Crippen MR) is 60.6 cm³/mol. The average molecular weight is 196 g/mol. The molecule has 0 spiro atoms. The van der Waals surface area contributed by atoms with E-state index in [0.29, 0.717) is 5.92 Å². The average Bonchev–Trinajstić information content (AvgIpc) is 2.89. The van der Waals surface area contributed by atoms with Crippen LogP contribution in [0.4, 0.5) is 0 Å². The Morgan fingerprint density at radius 1 is 1.07 bits per heavy atom.